The minimum atomic E-state index is -3.70. The first-order valence-corrected chi connectivity index (χ1v) is 9.10. The van der Waals surface area contributed by atoms with E-state index in [0.29, 0.717) is 18.0 Å². The van der Waals surface area contributed by atoms with Crippen LogP contribution in [0.25, 0.3) is 0 Å². The Balaban J connectivity index is 1.65. The Hall–Kier alpha value is -2.99. The SMILES string of the molecule is O=S(=O)(Nc1ccc(OCc2ccccc2)cc1)c1ccc(O)cc1. The van der Waals surface area contributed by atoms with Crippen molar-refractivity contribution >= 4 is 15.7 Å². The topological polar surface area (TPSA) is 75.6 Å². The molecule has 5 nitrogen and oxygen atoms in total. The van der Waals surface area contributed by atoms with E-state index in [-0.39, 0.29) is 10.6 Å². The number of rotatable bonds is 6. The molecule has 3 rings (SSSR count). The summed E-state index contributed by atoms with van der Waals surface area (Å²) in [7, 11) is -3.70. The number of hydrogen-bond acceptors (Lipinski definition) is 4. The molecule has 25 heavy (non-hydrogen) atoms. The summed E-state index contributed by atoms with van der Waals surface area (Å²) in [5.41, 5.74) is 1.49. The Kier molecular flexibility index (Phi) is 4.90. The second-order valence-electron chi connectivity index (χ2n) is 5.40. The van der Waals surface area contributed by atoms with Crippen LogP contribution >= 0.6 is 0 Å². The van der Waals surface area contributed by atoms with Crippen molar-refractivity contribution in [3.8, 4) is 11.5 Å². The first kappa shape index (κ1) is 16.9. The Bertz CT molecular complexity index is 921. The molecule has 0 bridgehead atoms. The standard InChI is InChI=1S/C19H17NO4S/c21-17-8-12-19(13-9-17)25(22,23)20-16-6-10-18(11-7-16)24-14-15-4-2-1-3-5-15/h1-13,20-21H,14H2. The van der Waals surface area contributed by atoms with Crippen LogP contribution in [0.4, 0.5) is 5.69 Å². The fourth-order valence-corrected chi connectivity index (χ4v) is 3.26. The summed E-state index contributed by atoms with van der Waals surface area (Å²) in [5, 5.41) is 9.25. The van der Waals surface area contributed by atoms with Crippen molar-refractivity contribution in [3.63, 3.8) is 0 Å². The van der Waals surface area contributed by atoms with Crippen molar-refractivity contribution in [3.05, 3.63) is 84.4 Å². The van der Waals surface area contributed by atoms with Crippen LogP contribution in [-0.4, -0.2) is 13.5 Å². The highest BCUT2D eigenvalue weighted by Gasteiger charge is 2.14. The summed E-state index contributed by atoms with van der Waals surface area (Å²) < 4.78 is 32.7. The lowest BCUT2D eigenvalue weighted by Crippen LogP contribution is -2.12. The van der Waals surface area contributed by atoms with Gasteiger partial charge >= 0.3 is 0 Å². The number of anilines is 1. The summed E-state index contributed by atoms with van der Waals surface area (Å²) in [4.78, 5) is 0.0784. The van der Waals surface area contributed by atoms with Gasteiger partial charge in [-0.05, 0) is 54.1 Å². The van der Waals surface area contributed by atoms with Crippen molar-refractivity contribution in [2.45, 2.75) is 11.5 Å². The number of phenolic OH excluding ortho intramolecular Hbond substituents is 1. The lowest BCUT2D eigenvalue weighted by Gasteiger charge is -2.10. The highest BCUT2D eigenvalue weighted by molar-refractivity contribution is 7.92. The molecule has 0 aliphatic carbocycles. The number of benzene rings is 3. The lowest BCUT2D eigenvalue weighted by molar-refractivity contribution is 0.306. The molecule has 0 saturated carbocycles. The van der Waals surface area contributed by atoms with Gasteiger partial charge in [-0.15, -0.1) is 0 Å². The molecule has 0 unspecified atom stereocenters. The Morgan fingerprint density at radius 2 is 1.48 bits per heavy atom. The van der Waals surface area contributed by atoms with Gasteiger partial charge in [0.2, 0.25) is 0 Å². The lowest BCUT2D eigenvalue weighted by atomic mass is 10.2. The number of hydrogen-bond donors (Lipinski definition) is 2. The average molecular weight is 355 g/mol. The normalized spacial score (nSPS) is 11.0. The zero-order valence-corrected chi connectivity index (χ0v) is 14.1. The van der Waals surface area contributed by atoms with Crippen molar-refractivity contribution in [2.24, 2.45) is 0 Å². The van der Waals surface area contributed by atoms with E-state index < -0.39 is 10.0 Å². The van der Waals surface area contributed by atoms with Crippen LogP contribution in [0.3, 0.4) is 0 Å². The van der Waals surface area contributed by atoms with Crippen LogP contribution in [0.5, 0.6) is 11.5 Å². The number of phenols is 1. The molecule has 3 aromatic carbocycles. The van der Waals surface area contributed by atoms with Gasteiger partial charge in [0, 0.05) is 5.69 Å². The Morgan fingerprint density at radius 3 is 2.12 bits per heavy atom. The predicted octanol–water partition coefficient (Wildman–Crippen LogP) is 3.77. The summed E-state index contributed by atoms with van der Waals surface area (Å²) >= 11 is 0. The number of sulfonamides is 1. The van der Waals surface area contributed by atoms with Gasteiger partial charge in [0.1, 0.15) is 18.1 Å². The molecule has 0 atom stereocenters. The fraction of sp³-hybridized carbons (Fsp3) is 0.0526. The van der Waals surface area contributed by atoms with Crippen LogP contribution in [0, 0.1) is 0 Å². The minimum Gasteiger partial charge on any atom is -0.508 e. The first-order valence-electron chi connectivity index (χ1n) is 7.61. The van der Waals surface area contributed by atoms with Crippen LogP contribution in [-0.2, 0) is 16.6 Å². The summed E-state index contributed by atoms with van der Waals surface area (Å²) in [6.07, 6.45) is 0. The molecule has 0 aromatic heterocycles. The molecule has 0 saturated heterocycles. The summed E-state index contributed by atoms with van der Waals surface area (Å²) in [5.74, 6) is 0.662. The average Bonchev–Trinajstić information content (AvgIpc) is 2.62. The van der Waals surface area contributed by atoms with Gasteiger partial charge < -0.3 is 9.84 Å². The molecule has 0 aliphatic rings. The molecule has 0 spiro atoms. The predicted molar refractivity (Wildman–Crippen MR) is 96.1 cm³/mol. The van der Waals surface area contributed by atoms with E-state index in [0.717, 1.165) is 5.56 Å². The zero-order valence-electron chi connectivity index (χ0n) is 13.3. The van der Waals surface area contributed by atoms with Crippen LogP contribution in [0.15, 0.2) is 83.8 Å². The summed E-state index contributed by atoms with van der Waals surface area (Å²) in [6.45, 7) is 0.444. The van der Waals surface area contributed by atoms with Gasteiger partial charge in [-0.3, -0.25) is 4.72 Å². The molecule has 0 fully saturated rings. The van der Waals surface area contributed by atoms with E-state index in [4.69, 9.17) is 4.74 Å². The van der Waals surface area contributed by atoms with Crippen molar-refractivity contribution < 1.29 is 18.3 Å². The van der Waals surface area contributed by atoms with Crippen LogP contribution < -0.4 is 9.46 Å². The van der Waals surface area contributed by atoms with Crippen molar-refractivity contribution in [2.75, 3.05) is 4.72 Å². The maximum Gasteiger partial charge on any atom is 0.261 e. The third-order valence-electron chi connectivity index (χ3n) is 3.50. The quantitative estimate of drug-likeness (QED) is 0.706. The molecule has 128 valence electrons. The Morgan fingerprint density at radius 1 is 0.840 bits per heavy atom. The van der Waals surface area contributed by atoms with Gasteiger partial charge in [0.15, 0.2) is 0 Å². The molecule has 3 aromatic rings. The molecular weight excluding hydrogens is 338 g/mol. The molecule has 0 amide bonds. The van der Waals surface area contributed by atoms with Crippen LogP contribution in [0.1, 0.15) is 5.56 Å². The molecule has 0 heterocycles. The molecule has 0 radical (unpaired) electrons. The minimum absolute atomic E-state index is 0.0128. The zero-order chi connectivity index (χ0) is 17.7. The van der Waals surface area contributed by atoms with E-state index in [1.54, 1.807) is 24.3 Å². The number of nitrogens with one attached hydrogen (secondary N) is 1. The van der Waals surface area contributed by atoms with Crippen LogP contribution in [0.2, 0.25) is 0 Å². The van der Waals surface area contributed by atoms with Gasteiger partial charge in [-0.2, -0.15) is 0 Å². The first-order chi connectivity index (χ1) is 12.0. The monoisotopic (exact) mass is 355 g/mol. The van der Waals surface area contributed by atoms with E-state index >= 15 is 0 Å². The maximum absolute atomic E-state index is 12.3. The largest absolute Gasteiger partial charge is 0.508 e. The fourth-order valence-electron chi connectivity index (χ4n) is 2.20. The van der Waals surface area contributed by atoms with E-state index in [9.17, 15) is 13.5 Å². The van der Waals surface area contributed by atoms with Crippen molar-refractivity contribution in [1.29, 1.82) is 0 Å². The van der Waals surface area contributed by atoms with E-state index in [1.807, 2.05) is 30.3 Å². The van der Waals surface area contributed by atoms with Crippen molar-refractivity contribution in [1.82, 2.24) is 0 Å². The van der Waals surface area contributed by atoms with Gasteiger partial charge in [-0.1, -0.05) is 30.3 Å². The summed E-state index contributed by atoms with van der Waals surface area (Å²) in [6, 6.07) is 21.8. The smallest absolute Gasteiger partial charge is 0.261 e. The van der Waals surface area contributed by atoms with E-state index in [1.165, 1.54) is 24.3 Å². The molecule has 2 N–H and O–H groups in total. The second kappa shape index (κ2) is 7.27. The maximum atomic E-state index is 12.3. The third-order valence-corrected chi connectivity index (χ3v) is 4.90. The Labute approximate surface area is 146 Å². The van der Waals surface area contributed by atoms with Gasteiger partial charge in [-0.25, -0.2) is 8.42 Å². The third kappa shape index (κ3) is 4.51. The van der Waals surface area contributed by atoms with Gasteiger partial charge in [0.05, 0.1) is 4.90 Å². The van der Waals surface area contributed by atoms with Gasteiger partial charge in [0.25, 0.3) is 10.0 Å². The molecule has 6 heteroatoms. The molecular formula is C19H17NO4S. The number of ether oxygens (including phenoxy) is 1. The number of aromatic hydroxyl groups is 1. The highest BCUT2D eigenvalue weighted by Crippen LogP contribution is 2.21. The highest BCUT2D eigenvalue weighted by atomic mass is 32.2. The second-order valence-corrected chi connectivity index (χ2v) is 7.08. The van der Waals surface area contributed by atoms with E-state index in [2.05, 4.69) is 4.72 Å². The molecule has 0 aliphatic heterocycles.